The van der Waals surface area contributed by atoms with Crippen LogP contribution in [0, 0.1) is 0 Å². The topological polar surface area (TPSA) is 210 Å². The fourth-order valence-corrected chi connectivity index (χ4v) is 7.29. The van der Waals surface area contributed by atoms with Gasteiger partial charge in [0.05, 0.1) is 6.61 Å². The Morgan fingerprint density at radius 2 is 0.982 bits per heavy atom. The SMILES string of the molecule is CCCCCC/C=C\C/C=C\CCCCCCCC(=O)OC(COC(=O)CCCCCCCCCCCC)COP(=O)(O)OC1C(O)C(O)C(O)C(O)C1O. The Labute approximate surface area is 330 Å². The predicted octanol–water partition coefficient (Wildman–Crippen LogP) is 7.28. The van der Waals surface area contributed by atoms with Crippen molar-refractivity contribution in [1.82, 2.24) is 0 Å². The van der Waals surface area contributed by atoms with Gasteiger partial charge in [-0.25, -0.2) is 4.57 Å². The predicted molar refractivity (Wildman–Crippen MR) is 212 cm³/mol. The molecule has 0 aromatic carbocycles. The van der Waals surface area contributed by atoms with Gasteiger partial charge >= 0.3 is 19.8 Å². The minimum Gasteiger partial charge on any atom is -0.462 e. The maximum absolute atomic E-state index is 12.8. The summed E-state index contributed by atoms with van der Waals surface area (Å²) in [6, 6.07) is 0. The molecule has 13 nitrogen and oxygen atoms in total. The normalized spacial score (nSPS) is 23.3. The molecule has 14 heteroatoms. The van der Waals surface area contributed by atoms with Gasteiger partial charge in [-0.05, 0) is 44.9 Å². The molecule has 322 valence electrons. The van der Waals surface area contributed by atoms with Crippen LogP contribution in [-0.2, 0) is 32.7 Å². The molecule has 1 saturated carbocycles. The summed E-state index contributed by atoms with van der Waals surface area (Å²) >= 11 is 0. The highest BCUT2D eigenvalue weighted by atomic mass is 31.2. The van der Waals surface area contributed by atoms with Crippen LogP contribution in [0.2, 0.25) is 0 Å². The third-order valence-corrected chi connectivity index (χ3v) is 10.8. The molecule has 0 aromatic heterocycles. The van der Waals surface area contributed by atoms with Gasteiger partial charge in [0.1, 0.15) is 43.2 Å². The number of hydrogen-bond acceptors (Lipinski definition) is 12. The maximum Gasteiger partial charge on any atom is 0.472 e. The van der Waals surface area contributed by atoms with E-state index in [0.717, 1.165) is 64.2 Å². The van der Waals surface area contributed by atoms with Crippen molar-refractivity contribution in [2.45, 2.75) is 211 Å². The van der Waals surface area contributed by atoms with Crippen LogP contribution in [0.3, 0.4) is 0 Å². The summed E-state index contributed by atoms with van der Waals surface area (Å²) in [6.45, 7) is 3.23. The standard InChI is InChI=1S/C41H75O13P/c1-3-5-7-9-11-13-15-16-17-18-19-20-22-24-26-28-30-35(43)53-33(31-51-34(42)29-27-25-23-21-14-12-10-8-6-4-2)32-52-55(49,50)54-41-39(47)37(45)36(44)38(46)40(41)48/h13,15,17-18,33,36-41,44-48H,3-12,14,16,19-32H2,1-2H3,(H,49,50)/b15-13-,18-17-. The smallest absolute Gasteiger partial charge is 0.462 e. The third kappa shape index (κ3) is 25.3. The molecule has 55 heavy (non-hydrogen) atoms. The number of phosphoric acid groups is 1. The van der Waals surface area contributed by atoms with Gasteiger partial charge in [0, 0.05) is 12.8 Å². The van der Waals surface area contributed by atoms with E-state index in [9.17, 15) is 44.6 Å². The van der Waals surface area contributed by atoms with Crippen molar-refractivity contribution in [1.29, 1.82) is 0 Å². The Balaban J connectivity index is 2.51. The molecule has 0 amide bonds. The van der Waals surface area contributed by atoms with Crippen LogP contribution in [0.4, 0.5) is 0 Å². The first-order valence-corrected chi connectivity index (χ1v) is 22.6. The summed E-state index contributed by atoms with van der Waals surface area (Å²) in [7, 11) is -5.11. The average molecular weight is 807 g/mol. The molecule has 0 aliphatic heterocycles. The van der Waals surface area contributed by atoms with Gasteiger partial charge < -0.3 is 39.9 Å². The number of rotatable bonds is 34. The molecule has 6 N–H and O–H groups in total. The first-order valence-electron chi connectivity index (χ1n) is 21.1. The van der Waals surface area contributed by atoms with Gasteiger partial charge in [-0.2, -0.15) is 0 Å². The van der Waals surface area contributed by atoms with Crippen molar-refractivity contribution in [3.05, 3.63) is 24.3 Å². The summed E-state index contributed by atoms with van der Waals surface area (Å²) in [4.78, 5) is 35.5. The first-order chi connectivity index (χ1) is 26.4. The zero-order chi connectivity index (χ0) is 40.7. The van der Waals surface area contributed by atoms with Gasteiger partial charge in [-0.1, -0.05) is 134 Å². The van der Waals surface area contributed by atoms with E-state index in [-0.39, 0.29) is 12.8 Å². The minimum atomic E-state index is -5.11. The quantitative estimate of drug-likeness (QED) is 0.0164. The molecule has 1 fully saturated rings. The van der Waals surface area contributed by atoms with E-state index in [0.29, 0.717) is 12.8 Å². The van der Waals surface area contributed by atoms with E-state index in [1.54, 1.807) is 0 Å². The van der Waals surface area contributed by atoms with Crippen LogP contribution in [0.5, 0.6) is 0 Å². The highest BCUT2D eigenvalue weighted by Crippen LogP contribution is 2.47. The van der Waals surface area contributed by atoms with E-state index in [1.165, 1.54) is 64.2 Å². The number of allylic oxidation sites excluding steroid dienone is 4. The highest BCUT2D eigenvalue weighted by molar-refractivity contribution is 7.47. The molecular weight excluding hydrogens is 731 g/mol. The van der Waals surface area contributed by atoms with Crippen molar-refractivity contribution in [2.75, 3.05) is 13.2 Å². The minimum absolute atomic E-state index is 0.0829. The molecule has 0 aromatic rings. The van der Waals surface area contributed by atoms with Crippen molar-refractivity contribution in [3.63, 3.8) is 0 Å². The molecule has 0 heterocycles. The summed E-state index contributed by atoms with van der Waals surface area (Å²) in [5.41, 5.74) is 0. The van der Waals surface area contributed by atoms with E-state index < -0.39 is 75.7 Å². The molecule has 1 aliphatic carbocycles. The van der Waals surface area contributed by atoms with Crippen LogP contribution >= 0.6 is 7.82 Å². The van der Waals surface area contributed by atoms with Gasteiger partial charge in [0.15, 0.2) is 6.10 Å². The van der Waals surface area contributed by atoms with Crippen molar-refractivity contribution in [2.24, 2.45) is 0 Å². The van der Waals surface area contributed by atoms with Gasteiger partial charge in [0.25, 0.3) is 0 Å². The number of carbonyl (C=O) groups is 2. The lowest BCUT2D eigenvalue weighted by Crippen LogP contribution is -2.64. The van der Waals surface area contributed by atoms with Gasteiger partial charge in [-0.15, -0.1) is 0 Å². The second-order valence-electron chi connectivity index (χ2n) is 14.8. The average Bonchev–Trinajstić information content (AvgIpc) is 3.16. The fraction of sp³-hybridized carbons (Fsp3) is 0.854. The van der Waals surface area contributed by atoms with Crippen LogP contribution < -0.4 is 0 Å². The second kappa shape index (κ2) is 32.3. The number of aliphatic hydroxyl groups is 5. The summed E-state index contributed by atoms with van der Waals surface area (Å²) in [5, 5.41) is 50.0. The third-order valence-electron chi connectivity index (χ3n) is 9.80. The van der Waals surface area contributed by atoms with E-state index >= 15 is 0 Å². The van der Waals surface area contributed by atoms with Crippen molar-refractivity contribution < 1.29 is 63.1 Å². The first kappa shape index (κ1) is 51.3. The van der Waals surface area contributed by atoms with E-state index in [2.05, 4.69) is 38.2 Å². The fourth-order valence-electron chi connectivity index (χ4n) is 6.32. The number of phosphoric ester groups is 1. The van der Waals surface area contributed by atoms with Crippen molar-refractivity contribution >= 4 is 19.8 Å². The highest BCUT2D eigenvalue weighted by Gasteiger charge is 2.51. The molecule has 0 bridgehead atoms. The molecule has 0 saturated heterocycles. The largest absolute Gasteiger partial charge is 0.472 e. The lowest BCUT2D eigenvalue weighted by Gasteiger charge is -2.41. The van der Waals surface area contributed by atoms with Gasteiger partial charge in [0.2, 0.25) is 0 Å². The number of carbonyl (C=O) groups excluding carboxylic acids is 2. The molecule has 0 spiro atoms. The molecule has 6 atom stereocenters. The molecular formula is C41H75O13P. The number of ether oxygens (including phenoxy) is 2. The Kier molecular flexibility index (Phi) is 30.2. The second-order valence-corrected chi connectivity index (χ2v) is 16.3. The summed E-state index contributed by atoms with van der Waals surface area (Å²) in [5.74, 6) is -1.11. The van der Waals surface area contributed by atoms with E-state index in [1.807, 2.05) is 0 Å². The summed E-state index contributed by atoms with van der Waals surface area (Å²) < 4.78 is 33.4. The number of unbranched alkanes of at least 4 members (excludes halogenated alkanes) is 18. The van der Waals surface area contributed by atoms with Crippen LogP contribution in [0.15, 0.2) is 24.3 Å². The number of hydrogen-bond donors (Lipinski definition) is 6. The Hall–Kier alpha value is -1.67. The van der Waals surface area contributed by atoms with Crippen LogP contribution in [0.25, 0.3) is 0 Å². The van der Waals surface area contributed by atoms with Crippen LogP contribution in [-0.4, -0.2) is 98.3 Å². The monoisotopic (exact) mass is 806 g/mol. The molecule has 1 aliphatic rings. The lowest BCUT2D eigenvalue weighted by atomic mass is 9.85. The number of aliphatic hydroxyl groups excluding tert-OH is 5. The van der Waals surface area contributed by atoms with Crippen LogP contribution in [0.1, 0.15) is 168 Å². The Morgan fingerprint density at radius 3 is 1.49 bits per heavy atom. The zero-order valence-corrected chi connectivity index (χ0v) is 34.6. The Morgan fingerprint density at radius 1 is 0.564 bits per heavy atom. The van der Waals surface area contributed by atoms with Crippen molar-refractivity contribution in [3.8, 4) is 0 Å². The van der Waals surface area contributed by atoms with E-state index in [4.69, 9.17) is 18.5 Å². The maximum atomic E-state index is 12.8. The molecule has 1 rings (SSSR count). The molecule has 6 unspecified atom stereocenters. The lowest BCUT2D eigenvalue weighted by molar-refractivity contribution is -0.220. The summed E-state index contributed by atoms with van der Waals surface area (Å²) in [6.07, 6.45) is 19.6. The number of esters is 2. The van der Waals surface area contributed by atoms with Gasteiger partial charge in [-0.3, -0.25) is 18.6 Å². The molecule has 0 radical (unpaired) electrons. The zero-order valence-electron chi connectivity index (χ0n) is 33.7. The Bertz CT molecular complexity index is 1070.